The zero-order valence-electron chi connectivity index (χ0n) is 10.4. The molecular formula is C13H22ClNO2. The van der Waals surface area contributed by atoms with E-state index < -0.39 is 0 Å². The van der Waals surface area contributed by atoms with Crippen LogP contribution in [0.4, 0.5) is 0 Å². The van der Waals surface area contributed by atoms with E-state index in [1.807, 2.05) is 4.90 Å². The highest BCUT2D eigenvalue weighted by molar-refractivity contribution is 6.18. The van der Waals surface area contributed by atoms with Gasteiger partial charge in [-0.1, -0.05) is 25.7 Å². The zero-order valence-corrected chi connectivity index (χ0v) is 11.1. The topological polar surface area (TPSA) is 29.5 Å². The first-order chi connectivity index (χ1) is 8.31. The molecule has 0 aromatic rings. The lowest BCUT2D eigenvalue weighted by Gasteiger charge is -2.34. The lowest BCUT2D eigenvalue weighted by molar-refractivity contribution is -0.139. The molecule has 1 aliphatic heterocycles. The van der Waals surface area contributed by atoms with Gasteiger partial charge >= 0.3 is 0 Å². The van der Waals surface area contributed by atoms with Crippen molar-refractivity contribution < 1.29 is 9.53 Å². The van der Waals surface area contributed by atoms with E-state index >= 15 is 0 Å². The van der Waals surface area contributed by atoms with E-state index in [0.29, 0.717) is 32.1 Å². The van der Waals surface area contributed by atoms with Crippen LogP contribution < -0.4 is 0 Å². The molecule has 0 N–H and O–H groups in total. The summed E-state index contributed by atoms with van der Waals surface area (Å²) in [7, 11) is 0. The minimum absolute atomic E-state index is 0.0847. The Kier molecular flexibility index (Phi) is 5.11. The number of ether oxygens (including phenoxy) is 1. The fourth-order valence-corrected chi connectivity index (χ4v) is 3.14. The predicted octanol–water partition coefficient (Wildman–Crippen LogP) is 2.42. The molecule has 2 aliphatic rings. The molecule has 3 nitrogen and oxygen atoms in total. The highest BCUT2D eigenvalue weighted by Crippen LogP contribution is 2.28. The second kappa shape index (κ2) is 6.60. The fourth-order valence-electron chi connectivity index (χ4n) is 2.88. The van der Waals surface area contributed by atoms with Gasteiger partial charge in [-0.3, -0.25) is 4.79 Å². The number of halogens is 1. The lowest BCUT2D eigenvalue weighted by Crippen LogP contribution is -2.49. The van der Waals surface area contributed by atoms with Crippen LogP contribution in [0.3, 0.4) is 0 Å². The lowest BCUT2D eigenvalue weighted by atomic mass is 10.0. The van der Waals surface area contributed by atoms with Crippen molar-refractivity contribution in [3.63, 3.8) is 0 Å². The number of alkyl halides is 1. The van der Waals surface area contributed by atoms with Gasteiger partial charge in [-0.2, -0.15) is 0 Å². The second-order valence-corrected chi connectivity index (χ2v) is 5.47. The monoisotopic (exact) mass is 259 g/mol. The van der Waals surface area contributed by atoms with Gasteiger partial charge in [0.2, 0.25) is 5.91 Å². The van der Waals surface area contributed by atoms with Crippen LogP contribution in [0.1, 0.15) is 38.5 Å². The molecule has 0 bridgehead atoms. The summed E-state index contributed by atoms with van der Waals surface area (Å²) in [6, 6.07) is 0.0847. The summed E-state index contributed by atoms with van der Waals surface area (Å²) in [5.74, 6) is 1.54. The quantitative estimate of drug-likeness (QED) is 0.726. The minimum Gasteiger partial charge on any atom is -0.377 e. The number of carbonyl (C=O) groups excluding carboxylic acids is 1. The summed E-state index contributed by atoms with van der Waals surface area (Å²) in [6.07, 6.45) is 7.08. The maximum Gasteiger partial charge on any atom is 0.223 e. The highest BCUT2D eigenvalue weighted by Gasteiger charge is 2.27. The van der Waals surface area contributed by atoms with E-state index in [-0.39, 0.29) is 11.9 Å². The molecule has 1 saturated carbocycles. The van der Waals surface area contributed by atoms with Crippen LogP contribution in [0, 0.1) is 5.92 Å². The standard InChI is InChI=1S/C13H22ClNO2/c14-9-12-10-17-8-7-15(12)13(16)6-5-11-3-1-2-4-11/h11-12H,1-10H2. The van der Waals surface area contributed by atoms with Crippen LogP contribution in [0.2, 0.25) is 0 Å². The fraction of sp³-hybridized carbons (Fsp3) is 0.923. The number of morpholine rings is 1. The van der Waals surface area contributed by atoms with Crippen molar-refractivity contribution in [3.05, 3.63) is 0 Å². The van der Waals surface area contributed by atoms with Gasteiger partial charge in [-0.05, 0) is 12.3 Å². The normalized spacial score (nSPS) is 26.4. The molecule has 1 unspecified atom stereocenters. The van der Waals surface area contributed by atoms with Gasteiger partial charge in [0.05, 0.1) is 19.3 Å². The molecule has 98 valence electrons. The first kappa shape index (κ1) is 13.2. The Labute approximate surface area is 108 Å². The third kappa shape index (κ3) is 3.59. The van der Waals surface area contributed by atoms with Crippen molar-refractivity contribution in [1.29, 1.82) is 0 Å². The van der Waals surface area contributed by atoms with Crippen molar-refractivity contribution in [2.75, 3.05) is 25.6 Å². The molecule has 0 radical (unpaired) electrons. The molecule has 0 aromatic carbocycles. The van der Waals surface area contributed by atoms with Gasteiger partial charge < -0.3 is 9.64 Å². The Morgan fingerprint density at radius 1 is 1.35 bits per heavy atom. The molecule has 2 fully saturated rings. The van der Waals surface area contributed by atoms with E-state index in [2.05, 4.69) is 0 Å². The molecule has 4 heteroatoms. The smallest absolute Gasteiger partial charge is 0.223 e. The zero-order chi connectivity index (χ0) is 12.1. The Hall–Kier alpha value is -0.280. The van der Waals surface area contributed by atoms with Crippen molar-refractivity contribution in [1.82, 2.24) is 4.90 Å². The Morgan fingerprint density at radius 3 is 2.82 bits per heavy atom. The number of amides is 1. The molecule has 1 aliphatic carbocycles. The summed E-state index contributed by atoms with van der Waals surface area (Å²) < 4.78 is 5.35. The van der Waals surface area contributed by atoms with E-state index in [1.165, 1.54) is 25.7 Å². The van der Waals surface area contributed by atoms with Crippen molar-refractivity contribution in [2.45, 2.75) is 44.6 Å². The van der Waals surface area contributed by atoms with Crippen LogP contribution in [0.5, 0.6) is 0 Å². The van der Waals surface area contributed by atoms with E-state index in [0.717, 1.165) is 12.3 Å². The Balaban J connectivity index is 1.76. The second-order valence-electron chi connectivity index (χ2n) is 5.16. The summed E-state index contributed by atoms with van der Waals surface area (Å²) in [5, 5.41) is 0. The van der Waals surface area contributed by atoms with Gasteiger partial charge in [0.1, 0.15) is 0 Å². The van der Waals surface area contributed by atoms with Crippen LogP contribution in [0.25, 0.3) is 0 Å². The first-order valence-electron chi connectivity index (χ1n) is 6.74. The van der Waals surface area contributed by atoms with Gasteiger partial charge in [-0.15, -0.1) is 11.6 Å². The SMILES string of the molecule is O=C(CCC1CCCC1)N1CCOCC1CCl. The van der Waals surface area contributed by atoms with Crippen molar-refractivity contribution >= 4 is 17.5 Å². The largest absolute Gasteiger partial charge is 0.377 e. The molecular weight excluding hydrogens is 238 g/mol. The van der Waals surface area contributed by atoms with Crippen LogP contribution in [-0.4, -0.2) is 42.5 Å². The molecule has 17 heavy (non-hydrogen) atoms. The molecule has 0 spiro atoms. The van der Waals surface area contributed by atoms with Gasteiger partial charge in [0, 0.05) is 18.8 Å². The van der Waals surface area contributed by atoms with Crippen LogP contribution in [-0.2, 0) is 9.53 Å². The van der Waals surface area contributed by atoms with Crippen LogP contribution >= 0.6 is 11.6 Å². The summed E-state index contributed by atoms with van der Waals surface area (Å²) in [6.45, 7) is 1.96. The third-order valence-corrected chi connectivity index (χ3v) is 4.32. The third-order valence-electron chi connectivity index (χ3n) is 3.97. The average Bonchev–Trinajstić information content (AvgIpc) is 2.89. The predicted molar refractivity (Wildman–Crippen MR) is 68.2 cm³/mol. The number of nitrogens with zero attached hydrogens (tertiary/aromatic N) is 1. The molecule has 1 heterocycles. The van der Waals surface area contributed by atoms with Gasteiger partial charge in [0.25, 0.3) is 0 Å². The van der Waals surface area contributed by atoms with Gasteiger partial charge in [0.15, 0.2) is 0 Å². The summed E-state index contributed by atoms with van der Waals surface area (Å²) >= 11 is 5.87. The molecule has 1 amide bonds. The van der Waals surface area contributed by atoms with Crippen molar-refractivity contribution in [3.8, 4) is 0 Å². The summed E-state index contributed by atoms with van der Waals surface area (Å²) in [4.78, 5) is 14.1. The van der Waals surface area contributed by atoms with Gasteiger partial charge in [-0.25, -0.2) is 0 Å². The Morgan fingerprint density at radius 2 is 2.12 bits per heavy atom. The number of carbonyl (C=O) groups is 1. The number of hydrogen-bond acceptors (Lipinski definition) is 2. The molecule has 2 rings (SSSR count). The molecule has 0 aromatic heterocycles. The van der Waals surface area contributed by atoms with Crippen LogP contribution in [0.15, 0.2) is 0 Å². The Bertz CT molecular complexity index is 254. The first-order valence-corrected chi connectivity index (χ1v) is 7.28. The maximum atomic E-state index is 12.1. The van der Waals surface area contributed by atoms with Crippen molar-refractivity contribution in [2.24, 2.45) is 5.92 Å². The molecule has 1 saturated heterocycles. The molecule has 1 atom stereocenters. The van der Waals surface area contributed by atoms with E-state index in [9.17, 15) is 4.79 Å². The van der Waals surface area contributed by atoms with E-state index in [4.69, 9.17) is 16.3 Å². The minimum atomic E-state index is 0.0847. The number of hydrogen-bond donors (Lipinski definition) is 0. The summed E-state index contributed by atoms with van der Waals surface area (Å²) in [5.41, 5.74) is 0. The highest BCUT2D eigenvalue weighted by atomic mass is 35.5. The van der Waals surface area contributed by atoms with E-state index in [1.54, 1.807) is 0 Å². The number of rotatable bonds is 4. The average molecular weight is 260 g/mol. The maximum absolute atomic E-state index is 12.1.